The van der Waals surface area contributed by atoms with Gasteiger partial charge in [0.1, 0.15) is 0 Å². The van der Waals surface area contributed by atoms with Gasteiger partial charge in [-0.2, -0.15) is 0 Å². The summed E-state index contributed by atoms with van der Waals surface area (Å²) in [7, 11) is 0. The number of anilines is 1. The molecule has 1 aliphatic rings. The summed E-state index contributed by atoms with van der Waals surface area (Å²) in [5, 5.41) is 8.91. The average molecular weight is 261 g/mol. The van der Waals surface area contributed by atoms with Crippen LogP contribution in [0.15, 0.2) is 24.3 Å². The van der Waals surface area contributed by atoms with Gasteiger partial charge in [0.15, 0.2) is 0 Å². The van der Waals surface area contributed by atoms with E-state index in [0.717, 1.165) is 24.7 Å². The van der Waals surface area contributed by atoms with Crippen LogP contribution in [0.3, 0.4) is 0 Å². The van der Waals surface area contributed by atoms with E-state index >= 15 is 0 Å². The van der Waals surface area contributed by atoms with Gasteiger partial charge in [-0.1, -0.05) is 19.8 Å². The molecule has 1 atom stereocenters. The number of nitrogens with zero attached hydrogens (tertiary/aromatic N) is 1. The molecule has 1 unspecified atom stereocenters. The molecule has 0 saturated carbocycles. The lowest BCUT2D eigenvalue weighted by Gasteiger charge is -2.23. The summed E-state index contributed by atoms with van der Waals surface area (Å²) < 4.78 is 0. The lowest BCUT2D eigenvalue weighted by molar-refractivity contribution is 0.0697. The SMILES string of the molecule is CCCC1CCCN(c2ccc(C(=O)O)cc2)CC1. The molecule has 104 valence electrons. The van der Waals surface area contributed by atoms with Crippen LogP contribution in [0.5, 0.6) is 0 Å². The molecule has 19 heavy (non-hydrogen) atoms. The van der Waals surface area contributed by atoms with E-state index in [1.54, 1.807) is 12.1 Å². The van der Waals surface area contributed by atoms with Gasteiger partial charge in [0, 0.05) is 18.8 Å². The van der Waals surface area contributed by atoms with Crippen LogP contribution in [0.25, 0.3) is 0 Å². The van der Waals surface area contributed by atoms with Crippen molar-refractivity contribution < 1.29 is 9.90 Å². The van der Waals surface area contributed by atoms with Crippen molar-refractivity contribution in [2.75, 3.05) is 18.0 Å². The van der Waals surface area contributed by atoms with Crippen LogP contribution >= 0.6 is 0 Å². The second-order valence-electron chi connectivity index (χ2n) is 5.42. The van der Waals surface area contributed by atoms with Crippen LogP contribution in [0, 0.1) is 5.92 Å². The average Bonchev–Trinajstić information content (AvgIpc) is 2.65. The maximum atomic E-state index is 10.8. The van der Waals surface area contributed by atoms with Crippen molar-refractivity contribution in [3.8, 4) is 0 Å². The molecule has 3 nitrogen and oxygen atoms in total. The van der Waals surface area contributed by atoms with E-state index in [4.69, 9.17) is 5.11 Å². The summed E-state index contributed by atoms with van der Waals surface area (Å²) in [5.74, 6) is 0.0127. The Morgan fingerprint density at radius 2 is 2.00 bits per heavy atom. The number of carboxylic acid groups (broad SMARTS) is 1. The van der Waals surface area contributed by atoms with Gasteiger partial charge < -0.3 is 10.0 Å². The van der Waals surface area contributed by atoms with Gasteiger partial charge in [-0.25, -0.2) is 4.79 Å². The highest BCUT2D eigenvalue weighted by atomic mass is 16.4. The first kappa shape index (κ1) is 13.9. The van der Waals surface area contributed by atoms with E-state index in [1.807, 2.05) is 12.1 Å². The van der Waals surface area contributed by atoms with Crippen LogP contribution in [0.2, 0.25) is 0 Å². The number of hydrogen-bond acceptors (Lipinski definition) is 2. The van der Waals surface area contributed by atoms with Crippen molar-refractivity contribution in [2.24, 2.45) is 5.92 Å². The molecule has 0 spiro atoms. The Morgan fingerprint density at radius 1 is 1.26 bits per heavy atom. The molecule has 0 radical (unpaired) electrons. The third-order valence-electron chi connectivity index (χ3n) is 4.02. The van der Waals surface area contributed by atoms with E-state index in [-0.39, 0.29) is 0 Å². The van der Waals surface area contributed by atoms with E-state index in [1.165, 1.54) is 32.1 Å². The number of carbonyl (C=O) groups is 1. The van der Waals surface area contributed by atoms with Gasteiger partial charge in [-0.05, 0) is 49.4 Å². The molecule has 2 rings (SSSR count). The van der Waals surface area contributed by atoms with Crippen molar-refractivity contribution >= 4 is 11.7 Å². The number of aromatic carboxylic acids is 1. The molecule has 0 aromatic heterocycles. The van der Waals surface area contributed by atoms with E-state index < -0.39 is 5.97 Å². The first-order valence-corrected chi connectivity index (χ1v) is 7.29. The minimum absolute atomic E-state index is 0.363. The molecular weight excluding hydrogens is 238 g/mol. The van der Waals surface area contributed by atoms with Crippen molar-refractivity contribution in [1.82, 2.24) is 0 Å². The minimum atomic E-state index is -0.856. The summed E-state index contributed by atoms with van der Waals surface area (Å²) >= 11 is 0. The predicted molar refractivity (Wildman–Crippen MR) is 77.9 cm³/mol. The molecule has 0 amide bonds. The molecule has 1 N–H and O–H groups in total. The second kappa shape index (κ2) is 6.60. The Morgan fingerprint density at radius 3 is 2.63 bits per heavy atom. The topological polar surface area (TPSA) is 40.5 Å². The Labute approximate surface area is 115 Å². The quantitative estimate of drug-likeness (QED) is 0.896. The van der Waals surface area contributed by atoms with Crippen molar-refractivity contribution in [2.45, 2.75) is 39.0 Å². The third kappa shape index (κ3) is 3.72. The molecule has 0 bridgehead atoms. The van der Waals surface area contributed by atoms with Gasteiger partial charge >= 0.3 is 5.97 Å². The van der Waals surface area contributed by atoms with Crippen LogP contribution in [0.1, 0.15) is 49.4 Å². The van der Waals surface area contributed by atoms with Gasteiger partial charge in [-0.3, -0.25) is 0 Å². The maximum absolute atomic E-state index is 10.8. The standard InChI is InChI=1S/C16H23NO2/c1-2-4-13-5-3-11-17(12-10-13)15-8-6-14(7-9-15)16(18)19/h6-9,13H,2-5,10-12H2,1H3,(H,18,19). The zero-order valence-corrected chi connectivity index (χ0v) is 11.6. The summed E-state index contributed by atoms with van der Waals surface area (Å²) in [6.45, 7) is 4.44. The van der Waals surface area contributed by atoms with Gasteiger partial charge in [0.25, 0.3) is 0 Å². The van der Waals surface area contributed by atoms with Crippen LogP contribution in [-0.4, -0.2) is 24.2 Å². The second-order valence-corrected chi connectivity index (χ2v) is 5.42. The molecule has 1 aromatic rings. The fraction of sp³-hybridized carbons (Fsp3) is 0.562. The first-order valence-electron chi connectivity index (χ1n) is 7.29. The van der Waals surface area contributed by atoms with Crippen molar-refractivity contribution in [1.29, 1.82) is 0 Å². The third-order valence-corrected chi connectivity index (χ3v) is 4.02. The van der Waals surface area contributed by atoms with E-state index in [0.29, 0.717) is 5.56 Å². The largest absolute Gasteiger partial charge is 0.478 e. The lowest BCUT2D eigenvalue weighted by Crippen LogP contribution is -2.24. The zero-order valence-electron chi connectivity index (χ0n) is 11.6. The molecule has 1 saturated heterocycles. The molecular formula is C16H23NO2. The summed E-state index contributed by atoms with van der Waals surface area (Å²) in [6.07, 6.45) is 6.45. The normalized spacial score (nSPS) is 20.1. The lowest BCUT2D eigenvalue weighted by atomic mass is 9.96. The minimum Gasteiger partial charge on any atom is -0.478 e. The number of rotatable bonds is 4. The molecule has 3 heteroatoms. The maximum Gasteiger partial charge on any atom is 0.335 e. The molecule has 1 fully saturated rings. The smallest absolute Gasteiger partial charge is 0.335 e. The summed E-state index contributed by atoms with van der Waals surface area (Å²) in [4.78, 5) is 13.2. The number of benzene rings is 1. The summed E-state index contributed by atoms with van der Waals surface area (Å²) in [5.41, 5.74) is 1.52. The number of carboxylic acids is 1. The molecule has 1 aliphatic heterocycles. The first-order chi connectivity index (χ1) is 9.20. The van der Waals surface area contributed by atoms with Gasteiger partial charge in [-0.15, -0.1) is 0 Å². The van der Waals surface area contributed by atoms with Crippen LogP contribution < -0.4 is 4.90 Å². The summed E-state index contributed by atoms with van der Waals surface area (Å²) in [6, 6.07) is 7.27. The fourth-order valence-corrected chi connectivity index (χ4v) is 2.94. The highest BCUT2D eigenvalue weighted by molar-refractivity contribution is 5.88. The zero-order chi connectivity index (χ0) is 13.7. The van der Waals surface area contributed by atoms with Gasteiger partial charge in [0.05, 0.1) is 5.56 Å². The van der Waals surface area contributed by atoms with Gasteiger partial charge in [0.2, 0.25) is 0 Å². The Bertz CT molecular complexity index is 413. The Kier molecular flexibility index (Phi) is 4.83. The van der Waals surface area contributed by atoms with Crippen LogP contribution in [-0.2, 0) is 0 Å². The Balaban J connectivity index is 1.99. The highest BCUT2D eigenvalue weighted by Gasteiger charge is 2.16. The van der Waals surface area contributed by atoms with E-state index in [2.05, 4.69) is 11.8 Å². The predicted octanol–water partition coefficient (Wildman–Crippen LogP) is 3.79. The fourth-order valence-electron chi connectivity index (χ4n) is 2.94. The monoisotopic (exact) mass is 261 g/mol. The molecule has 1 heterocycles. The van der Waals surface area contributed by atoms with Crippen molar-refractivity contribution in [3.63, 3.8) is 0 Å². The molecule has 0 aliphatic carbocycles. The Hall–Kier alpha value is -1.51. The highest BCUT2D eigenvalue weighted by Crippen LogP contribution is 2.25. The van der Waals surface area contributed by atoms with E-state index in [9.17, 15) is 4.79 Å². The molecule has 1 aromatic carbocycles. The van der Waals surface area contributed by atoms with Crippen LogP contribution in [0.4, 0.5) is 5.69 Å². The van der Waals surface area contributed by atoms with Crippen molar-refractivity contribution in [3.05, 3.63) is 29.8 Å². The number of hydrogen-bond donors (Lipinski definition) is 1.